The van der Waals surface area contributed by atoms with Crippen LogP contribution in [-0.4, -0.2) is 37.1 Å². The van der Waals surface area contributed by atoms with Gasteiger partial charge in [0.2, 0.25) is 5.91 Å². The highest BCUT2D eigenvalue weighted by atomic mass is 35.5. The normalized spacial score (nSPS) is 19.0. The number of amides is 1. The van der Waals surface area contributed by atoms with E-state index in [1.54, 1.807) is 18.2 Å². The van der Waals surface area contributed by atoms with Gasteiger partial charge >= 0.3 is 7.12 Å². The fraction of sp³-hybridized carbons (Fsp3) is 0.444. The molecular weight excluding hydrogens is 340 g/mol. The Kier molecular flexibility index (Phi) is 5.77. The van der Waals surface area contributed by atoms with Gasteiger partial charge in [0, 0.05) is 19.0 Å². The molecule has 1 aromatic rings. The molecule has 0 atom stereocenters. The molecule has 2 rings (SSSR count). The Bertz CT molecular complexity index is 699. The van der Waals surface area contributed by atoms with Crippen molar-refractivity contribution in [3.8, 4) is 0 Å². The van der Waals surface area contributed by atoms with Crippen LogP contribution in [0.5, 0.6) is 0 Å². The highest BCUT2D eigenvalue weighted by Crippen LogP contribution is 2.38. The summed E-state index contributed by atoms with van der Waals surface area (Å²) in [6, 6.07) is 5.14. The average molecular weight is 364 g/mol. The van der Waals surface area contributed by atoms with Gasteiger partial charge in [-0.2, -0.15) is 0 Å². The van der Waals surface area contributed by atoms with E-state index in [0.29, 0.717) is 23.4 Å². The number of carbonyl (C=O) groups is 2. The zero-order chi connectivity index (χ0) is 18.8. The molecule has 25 heavy (non-hydrogen) atoms. The number of halogens is 1. The van der Waals surface area contributed by atoms with Crippen molar-refractivity contribution in [1.82, 2.24) is 5.32 Å². The van der Waals surface area contributed by atoms with Gasteiger partial charge in [0.25, 0.3) is 0 Å². The Morgan fingerprint density at radius 2 is 1.84 bits per heavy atom. The maximum Gasteiger partial charge on any atom is 0.492 e. The van der Waals surface area contributed by atoms with E-state index < -0.39 is 18.3 Å². The summed E-state index contributed by atoms with van der Waals surface area (Å²) in [6.45, 7) is 9.63. The summed E-state index contributed by atoms with van der Waals surface area (Å²) >= 11 is 6.10. The molecule has 5 nitrogen and oxygen atoms in total. The smallest absolute Gasteiger partial charge is 0.400 e. The van der Waals surface area contributed by atoms with Crippen molar-refractivity contribution in [3.05, 3.63) is 39.8 Å². The number of benzene rings is 1. The number of rotatable bonds is 5. The molecule has 0 saturated carbocycles. The maximum atomic E-state index is 11.3. The van der Waals surface area contributed by atoms with E-state index in [1.807, 2.05) is 33.8 Å². The summed E-state index contributed by atoms with van der Waals surface area (Å²) in [5, 5.41) is 3.15. The van der Waals surface area contributed by atoms with Gasteiger partial charge in [0.1, 0.15) is 0 Å². The van der Waals surface area contributed by atoms with Gasteiger partial charge in [0.05, 0.1) is 16.2 Å². The minimum absolute atomic E-state index is 0.142. The molecule has 1 aliphatic heterocycles. The van der Waals surface area contributed by atoms with Gasteiger partial charge in [-0.3, -0.25) is 9.59 Å². The van der Waals surface area contributed by atoms with Crippen LogP contribution in [0, 0.1) is 0 Å². The first-order valence-corrected chi connectivity index (χ1v) is 8.49. The van der Waals surface area contributed by atoms with Crippen LogP contribution in [-0.2, 0) is 14.1 Å². The second kappa shape index (κ2) is 7.32. The number of hydrogen-bond donors (Lipinski definition) is 1. The summed E-state index contributed by atoms with van der Waals surface area (Å²) < 4.78 is 12.1. The molecule has 0 aromatic heterocycles. The minimum atomic E-state index is -0.582. The van der Waals surface area contributed by atoms with Crippen molar-refractivity contribution < 1.29 is 18.9 Å². The standard InChI is InChI=1S/C18H23BClNO4/c1-12(23)21-10-15(19-24-17(2,3)18(4,5)25-19)8-13-6-7-14(11-22)16(20)9-13/h6-9,11H,10H2,1-5H3,(H,21,23). The third-order valence-corrected chi connectivity index (χ3v) is 4.93. The van der Waals surface area contributed by atoms with E-state index in [0.717, 1.165) is 11.0 Å². The van der Waals surface area contributed by atoms with Crippen LogP contribution in [0.25, 0.3) is 6.08 Å². The van der Waals surface area contributed by atoms with Crippen LogP contribution in [0.1, 0.15) is 50.5 Å². The van der Waals surface area contributed by atoms with E-state index >= 15 is 0 Å². The second-order valence-electron chi connectivity index (χ2n) is 7.12. The molecule has 0 radical (unpaired) electrons. The van der Waals surface area contributed by atoms with Crippen LogP contribution in [0.4, 0.5) is 0 Å². The Labute approximate surface area is 153 Å². The summed E-state index contributed by atoms with van der Waals surface area (Å²) in [5.74, 6) is -0.142. The zero-order valence-corrected chi connectivity index (χ0v) is 15.9. The van der Waals surface area contributed by atoms with Crippen molar-refractivity contribution in [1.29, 1.82) is 0 Å². The highest BCUT2D eigenvalue weighted by molar-refractivity contribution is 6.56. The molecule has 7 heteroatoms. The summed E-state index contributed by atoms with van der Waals surface area (Å²) in [6.07, 6.45) is 2.57. The van der Waals surface area contributed by atoms with E-state index in [-0.39, 0.29) is 5.91 Å². The van der Waals surface area contributed by atoms with Crippen molar-refractivity contribution in [3.63, 3.8) is 0 Å². The molecule has 1 aromatic carbocycles. The second-order valence-corrected chi connectivity index (χ2v) is 7.52. The lowest BCUT2D eigenvalue weighted by Crippen LogP contribution is -2.41. The SMILES string of the molecule is CC(=O)NCC(=Cc1ccc(C=O)c(Cl)c1)B1OC(C)(C)C(C)(C)O1. The first kappa shape index (κ1) is 19.7. The predicted octanol–water partition coefficient (Wildman–Crippen LogP) is 3.30. The minimum Gasteiger partial charge on any atom is -0.400 e. The molecule has 1 amide bonds. The predicted molar refractivity (Wildman–Crippen MR) is 99.6 cm³/mol. The first-order valence-electron chi connectivity index (χ1n) is 8.11. The molecule has 1 saturated heterocycles. The fourth-order valence-corrected chi connectivity index (χ4v) is 2.60. The lowest BCUT2D eigenvalue weighted by atomic mass is 9.77. The molecule has 1 fully saturated rings. The van der Waals surface area contributed by atoms with Crippen molar-refractivity contribution >= 4 is 37.0 Å². The average Bonchev–Trinajstić information content (AvgIpc) is 2.71. The molecule has 1 heterocycles. The molecule has 1 aliphatic rings. The highest BCUT2D eigenvalue weighted by Gasteiger charge is 2.52. The first-order chi connectivity index (χ1) is 11.6. The molecule has 1 N–H and O–H groups in total. The summed E-state index contributed by atoms with van der Waals surface area (Å²) in [4.78, 5) is 22.2. The Hall–Kier alpha value is -1.63. The Morgan fingerprint density at radius 1 is 1.24 bits per heavy atom. The van der Waals surface area contributed by atoms with Crippen LogP contribution in [0.3, 0.4) is 0 Å². The van der Waals surface area contributed by atoms with Crippen molar-refractivity contribution in [2.24, 2.45) is 0 Å². The molecule has 0 bridgehead atoms. The lowest BCUT2D eigenvalue weighted by molar-refractivity contribution is -0.118. The van der Waals surface area contributed by atoms with Gasteiger partial charge in [-0.1, -0.05) is 23.7 Å². The van der Waals surface area contributed by atoms with Crippen molar-refractivity contribution in [2.75, 3.05) is 6.54 Å². The van der Waals surface area contributed by atoms with Crippen molar-refractivity contribution in [2.45, 2.75) is 45.8 Å². The van der Waals surface area contributed by atoms with Crippen LogP contribution < -0.4 is 5.32 Å². The Balaban J connectivity index is 2.34. The summed E-state index contributed by atoms with van der Waals surface area (Å²) in [5.41, 5.74) is 1.03. The van der Waals surface area contributed by atoms with E-state index in [1.165, 1.54) is 6.92 Å². The van der Waals surface area contributed by atoms with Gasteiger partial charge < -0.3 is 14.6 Å². The molecular formula is C18H23BClNO4. The van der Waals surface area contributed by atoms with E-state index in [4.69, 9.17) is 20.9 Å². The van der Waals surface area contributed by atoms with E-state index in [9.17, 15) is 9.59 Å². The maximum absolute atomic E-state index is 11.3. The fourth-order valence-electron chi connectivity index (χ4n) is 2.37. The van der Waals surface area contributed by atoms with Gasteiger partial charge in [0.15, 0.2) is 6.29 Å². The third kappa shape index (κ3) is 4.51. The largest absolute Gasteiger partial charge is 0.492 e. The molecule has 0 aliphatic carbocycles. The number of nitrogens with one attached hydrogen (secondary N) is 1. The van der Waals surface area contributed by atoms with Gasteiger partial charge in [-0.25, -0.2) is 0 Å². The summed E-state index contributed by atoms with van der Waals surface area (Å²) in [7, 11) is -0.582. The molecule has 0 unspecified atom stereocenters. The van der Waals surface area contributed by atoms with Gasteiger partial charge in [-0.05, 0) is 50.9 Å². The number of aldehydes is 1. The van der Waals surface area contributed by atoms with E-state index in [2.05, 4.69) is 5.32 Å². The Morgan fingerprint density at radius 3 is 2.32 bits per heavy atom. The number of carbonyl (C=O) groups excluding carboxylic acids is 2. The van der Waals surface area contributed by atoms with Crippen LogP contribution >= 0.6 is 11.6 Å². The zero-order valence-electron chi connectivity index (χ0n) is 15.2. The number of hydrogen-bond acceptors (Lipinski definition) is 4. The molecule has 134 valence electrons. The molecule has 0 spiro atoms. The monoisotopic (exact) mass is 363 g/mol. The lowest BCUT2D eigenvalue weighted by Gasteiger charge is -2.32. The van der Waals surface area contributed by atoms with Crippen LogP contribution in [0.15, 0.2) is 23.7 Å². The quantitative estimate of drug-likeness (QED) is 0.644. The topological polar surface area (TPSA) is 64.6 Å². The third-order valence-electron chi connectivity index (χ3n) is 4.60. The van der Waals surface area contributed by atoms with Gasteiger partial charge in [-0.15, -0.1) is 0 Å². The van der Waals surface area contributed by atoms with Crippen LogP contribution in [0.2, 0.25) is 5.02 Å².